The largest absolute Gasteiger partial charge is 0.507 e. The Balaban J connectivity index is 2.72. The van der Waals surface area contributed by atoms with Gasteiger partial charge < -0.3 is 10.5 Å². The summed E-state index contributed by atoms with van der Waals surface area (Å²) < 4.78 is 2.05. The fourth-order valence-corrected chi connectivity index (χ4v) is 3.32. The molecule has 0 atom stereocenters. The number of phenols is 1. The number of nitrogens with one attached hydrogen (secondary N) is 1. The van der Waals surface area contributed by atoms with E-state index in [-0.39, 0.29) is 0 Å². The molecule has 0 spiro atoms. The topological polar surface area (TPSA) is 44.1 Å². The average Bonchev–Trinajstić information content (AvgIpc) is 2.12. The van der Waals surface area contributed by atoms with E-state index in [9.17, 15) is 5.11 Å². The Morgan fingerprint density at radius 3 is 2.67 bits per heavy atom. The van der Waals surface area contributed by atoms with Crippen molar-refractivity contribution in [2.24, 2.45) is 0 Å². The second-order valence-corrected chi connectivity index (χ2v) is 5.94. The van der Waals surface area contributed by atoms with Crippen LogP contribution in [0.25, 0.3) is 0 Å². The zero-order valence-corrected chi connectivity index (χ0v) is 12.8. The Morgan fingerprint density at radius 1 is 1.40 bits per heavy atom. The van der Waals surface area contributed by atoms with Crippen molar-refractivity contribution in [2.45, 2.75) is 26.2 Å². The maximum atomic E-state index is 9.82. The van der Waals surface area contributed by atoms with Crippen LogP contribution in [0.1, 0.15) is 25.3 Å². The number of hydrogen-bond donors (Lipinski definition) is 2. The van der Waals surface area contributed by atoms with Crippen LogP contribution in [0.2, 0.25) is 0 Å². The van der Waals surface area contributed by atoms with Crippen LogP contribution in [0.3, 0.4) is 0 Å². The smallest absolute Gasteiger partial charge is 0.132 e. The molecule has 82 valence electrons. The van der Waals surface area contributed by atoms with Gasteiger partial charge in [-0.05, 0) is 89.1 Å². The van der Waals surface area contributed by atoms with Gasteiger partial charge in [-0.3, -0.25) is 0 Å². The second-order valence-electron chi connectivity index (χ2n) is 3.53. The molecule has 1 aromatic carbocycles. The van der Waals surface area contributed by atoms with Crippen LogP contribution < -0.4 is 0 Å². The Labute approximate surface area is 117 Å². The Hall–Kier alpha value is 0.150. The van der Waals surface area contributed by atoms with Crippen LogP contribution in [-0.4, -0.2) is 10.8 Å². The van der Waals surface area contributed by atoms with Gasteiger partial charge in [0.25, 0.3) is 0 Å². The molecule has 2 nitrogen and oxygen atoms in total. The normalized spacial score (nSPS) is 10.3. The Morgan fingerprint density at radius 2 is 2.07 bits per heavy atom. The highest BCUT2D eigenvalue weighted by Gasteiger charge is 2.06. The van der Waals surface area contributed by atoms with E-state index in [0.717, 1.165) is 32.0 Å². The maximum Gasteiger partial charge on any atom is 0.132 e. The number of halogens is 2. The molecule has 15 heavy (non-hydrogen) atoms. The lowest BCUT2D eigenvalue weighted by Gasteiger charge is -2.07. The van der Waals surface area contributed by atoms with Crippen molar-refractivity contribution in [3.63, 3.8) is 0 Å². The summed E-state index contributed by atoms with van der Waals surface area (Å²) in [5, 5.41) is 17.2. The number of rotatable bonds is 4. The highest BCUT2D eigenvalue weighted by atomic mass is 131. The first-order chi connectivity index (χ1) is 7.00. The minimum Gasteiger partial charge on any atom is -0.507 e. The van der Waals surface area contributed by atoms with Crippen LogP contribution in [0.4, 0.5) is 0 Å². The van der Waals surface area contributed by atoms with E-state index in [0.29, 0.717) is 11.5 Å². The summed E-state index contributed by atoms with van der Waals surface area (Å²) in [6, 6.07) is 3.97. The highest BCUT2D eigenvalue weighted by molar-refractivity contribution is 14.1. The van der Waals surface area contributed by atoms with Crippen molar-refractivity contribution in [2.75, 3.05) is 0 Å². The molecule has 0 aliphatic carbocycles. The minimum absolute atomic E-state index is 0.402. The summed E-state index contributed by atoms with van der Waals surface area (Å²) in [5.41, 5.74) is 1.70. The fraction of sp³-hybridized carbons (Fsp3) is 0.364. The molecule has 4 heteroatoms. The SMILES string of the molecule is CC(=N)CCCc1cc([131I])cc([131I])c1O. The molecule has 2 N–H and O–H groups in total. The van der Waals surface area contributed by atoms with Gasteiger partial charge in [0.1, 0.15) is 5.75 Å². The molecule has 0 aromatic heterocycles. The van der Waals surface area contributed by atoms with Crippen LogP contribution in [0.5, 0.6) is 5.75 Å². The number of aromatic hydroxyl groups is 1. The predicted molar refractivity (Wildman–Crippen MR) is 79.9 cm³/mol. The molecule has 0 heterocycles. The van der Waals surface area contributed by atoms with E-state index < -0.39 is 0 Å². The lowest BCUT2D eigenvalue weighted by atomic mass is 10.1. The highest BCUT2D eigenvalue weighted by Crippen LogP contribution is 2.28. The first kappa shape index (κ1) is 13.2. The summed E-state index contributed by atoms with van der Waals surface area (Å²) in [4.78, 5) is 0. The van der Waals surface area contributed by atoms with Gasteiger partial charge in [-0.1, -0.05) is 0 Å². The molecule has 0 aliphatic rings. The molecule has 0 saturated heterocycles. The van der Waals surface area contributed by atoms with Crippen LogP contribution in [-0.2, 0) is 6.42 Å². The summed E-state index contributed by atoms with van der Waals surface area (Å²) in [6.07, 6.45) is 2.58. The lowest BCUT2D eigenvalue weighted by molar-refractivity contribution is 0.463. The first-order valence-corrected chi connectivity index (χ1v) is 6.87. The maximum absolute atomic E-state index is 9.82. The Kier molecular flexibility index (Phi) is 5.31. The second kappa shape index (κ2) is 6.03. The standard InChI is InChI=1S/C11H13I2NO/c1-7(14)3-2-4-8-5-9(12)6-10(13)11(8)15/h5-6,14-15H,2-4H2,1H3/i12+4,13+4. The summed E-state index contributed by atoms with van der Waals surface area (Å²) >= 11 is 4.40. The number of hydrogen-bond acceptors (Lipinski definition) is 2. The molecule has 0 unspecified atom stereocenters. The van der Waals surface area contributed by atoms with E-state index in [4.69, 9.17) is 5.41 Å². The third kappa shape index (κ3) is 4.26. The third-order valence-corrected chi connectivity index (χ3v) is 3.55. The monoisotopic (exact) mass is 437 g/mol. The zero-order valence-electron chi connectivity index (χ0n) is 8.48. The number of phenolic OH excluding ortho intramolecular Hbond substituents is 1. The quantitative estimate of drug-likeness (QED) is 0.544. The molecule has 0 amide bonds. The van der Waals surface area contributed by atoms with Gasteiger partial charge in [-0.25, -0.2) is 0 Å². The van der Waals surface area contributed by atoms with Gasteiger partial charge in [0, 0.05) is 9.28 Å². The van der Waals surface area contributed by atoms with Crippen LogP contribution in [0, 0.1) is 12.5 Å². The summed E-state index contributed by atoms with van der Waals surface area (Å²) in [7, 11) is 0. The van der Waals surface area contributed by atoms with Crippen molar-refractivity contribution in [3.05, 3.63) is 24.8 Å². The lowest BCUT2D eigenvalue weighted by Crippen LogP contribution is -1.94. The molecule has 0 aliphatic heterocycles. The fourth-order valence-electron chi connectivity index (χ4n) is 1.35. The molecule has 0 saturated carbocycles. The van der Waals surface area contributed by atoms with Gasteiger partial charge in [-0.15, -0.1) is 0 Å². The summed E-state index contributed by atoms with van der Waals surface area (Å²) in [6.45, 7) is 1.82. The summed E-state index contributed by atoms with van der Waals surface area (Å²) in [5.74, 6) is 0.402. The van der Waals surface area contributed by atoms with Gasteiger partial charge in [0.15, 0.2) is 0 Å². The molecule has 0 fully saturated rings. The molecular formula is C11H13I2NO. The van der Waals surface area contributed by atoms with Crippen LogP contribution >= 0.6 is 45.2 Å². The van der Waals surface area contributed by atoms with Gasteiger partial charge >= 0.3 is 0 Å². The van der Waals surface area contributed by atoms with Crippen LogP contribution in [0.15, 0.2) is 12.1 Å². The first-order valence-electron chi connectivity index (χ1n) is 4.71. The average molecular weight is 437 g/mol. The van der Waals surface area contributed by atoms with E-state index in [2.05, 4.69) is 45.2 Å². The third-order valence-electron chi connectivity index (χ3n) is 2.11. The molecular weight excluding hydrogens is 424 g/mol. The van der Waals surface area contributed by atoms with Crippen molar-refractivity contribution < 1.29 is 5.11 Å². The molecule has 1 aromatic rings. The van der Waals surface area contributed by atoms with E-state index in [1.807, 2.05) is 19.1 Å². The van der Waals surface area contributed by atoms with E-state index in [1.54, 1.807) is 0 Å². The van der Waals surface area contributed by atoms with Gasteiger partial charge in [-0.2, -0.15) is 0 Å². The predicted octanol–water partition coefficient (Wildman–Crippen LogP) is 3.96. The van der Waals surface area contributed by atoms with Crippen molar-refractivity contribution in [1.29, 1.82) is 5.41 Å². The number of aryl methyl sites for hydroxylation is 1. The number of benzene rings is 1. The molecule has 0 bridgehead atoms. The van der Waals surface area contributed by atoms with Gasteiger partial charge in [0.2, 0.25) is 0 Å². The van der Waals surface area contributed by atoms with Crippen molar-refractivity contribution in [3.8, 4) is 5.75 Å². The van der Waals surface area contributed by atoms with Gasteiger partial charge in [0.05, 0.1) is 3.57 Å². The van der Waals surface area contributed by atoms with Crippen molar-refractivity contribution >= 4 is 50.9 Å². The van der Waals surface area contributed by atoms with E-state index >= 15 is 0 Å². The molecule has 1 rings (SSSR count). The Bertz CT molecular complexity index is 377. The van der Waals surface area contributed by atoms with Crippen molar-refractivity contribution in [1.82, 2.24) is 0 Å². The molecule has 0 radical (unpaired) electrons. The minimum atomic E-state index is 0.402. The van der Waals surface area contributed by atoms with E-state index in [1.165, 1.54) is 0 Å². The zero-order chi connectivity index (χ0) is 11.4.